The molecule has 0 saturated carbocycles. The molecule has 1 rings (SSSR count). The number of halogens is 1. The highest BCUT2D eigenvalue weighted by Gasteiger charge is 2.11. The van der Waals surface area contributed by atoms with Crippen molar-refractivity contribution in [2.24, 2.45) is 0 Å². The third-order valence-electron chi connectivity index (χ3n) is 2.42. The smallest absolute Gasteiger partial charge is 0.222 e. The van der Waals surface area contributed by atoms with Crippen LogP contribution in [0.15, 0.2) is 23.1 Å². The van der Waals surface area contributed by atoms with Crippen LogP contribution < -0.4 is 5.73 Å². The van der Waals surface area contributed by atoms with Gasteiger partial charge in [0, 0.05) is 32.0 Å². The first-order valence-electron chi connectivity index (χ1n) is 5.55. The second kappa shape index (κ2) is 6.75. The minimum atomic E-state index is -1.22. The maximum absolute atomic E-state index is 12.0. The molecule has 0 aliphatic carbocycles. The molecule has 2 N–H and O–H groups in total. The maximum Gasteiger partial charge on any atom is 0.222 e. The number of hydrogen-bond acceptors (Lipinski definition) is 3. The lowest BCUT2D eigenvalue weighted by molar-refractivity contribution is -0.128. The van der Waals surface area contributed by atoms with Crippen molar-refractivity contribution in [2.75, 3.05) is 25.6 Å². The fourth-order valence-electron chi connectivity index (χ4n) is 1.38. The largest absolute Gasteiger partial charge is 0.399 e. The molecule has 0 bridgehead atoms. The van der Waals surface area contributed by atoms with Crippen molar-refractivity contribution >= 4 is 34.0 Å². The zero-order valence-corrected chi connectivity index (χ0v) is 12.1. The Bertz CT molecular complexity index is 463. The first kappa shape index (κ1) is 15.0. The minimum Gasteiger partial charge on any atom is -0.399 e. The van der Waals surface area contributed by atoms with Gasteiger partial charge in [-0.05, 0) is 24.6 Å². The zero-order chi connectivity index (χ0) is 13.7. The Hall–Kier alpha value is -1.07. The molecular weight excluding hydrogens is 272 g/mol. The van der Waals surface area contributed by atoms with Crippen LogP contribution in [0.3, 0.4) is 0 Å². The summed E-state index contributed by atoms with van der Waals surface area (Å²) in [5.41, 5.74) is 6.16. The van der Waals surface area contributed by atoms with Crippen LogP contribution in [0, 0.1) is 0 Å². The molecule has 0 saturated heterocycles. The normalized spacial score (nSPS) is 12.2. The van der Waals surface area contributed by atoms with Crippen molar-refractivity contribution in [2.45, 2.75) is 17.7 Å². The molecule has 0 spiro atoms. The summed E-state index contributed by atoms with van der Waals surface area (Å²) in [7, 11) is 2.19. The van der Waals surface area contributed by atoms with E-state index in [0.29, 0.717) is 34.2 Å². The third kappa shape index (κ3) is 4.31. The van der Waals surface area contributed by atoms with Gasteiger partial charge in [0.15, 0.2) is 0 Å². The lowest BCUT2D eigenvalue weighted by atomic mass is 10.3. The molecule has 100 valence electrons. The van der Waals surface area contributed by atoms with E-state index in [4.69, 9.17) is 17.3 Å². The summed E-state index contributed by atoms with van der Waals surface area (Å²) in [6, 6.07) is 4.92. The molecule has 0 fully saturated rings. The van der Waals surface area contributed by atoms with Crippen LogP contribution in [0.25, 0.3) is 0 Å². The molecule has 0 aliphatic heterocycles. The van der Waals surface area contributed by atoms with Gasteiger partial charge in [-0.15, -0.1) is 0 Å². The van der Waals surface area contributed by atoms with Gasteiger partial charge in [0.05, 0.1) is 20.7 Å². The van der Waals surface area contributed by atoms with Crippen LogP contribution in [0.2, 0.25) is 5.02 Å². The molecule has 1 atom stereocenters. The fourth-order valence-corrected chi connectivity index (χ4v) is 2.94. The number of carbonyl (C=O) groups is 1. The van der Waals surface area contributed by atoms with Gasteiger partial charge in [-0.3, -0.25) is 9.00 Å². The van der Waals surface area contributed by atoms with E-state index in [-0.39, 0.29) is 5.91 Å². The van der Waals surface area contributed by atoms with Crippen molar-refractivity contribution in [1.29, 1.82) is 0 Å². The van der Waals surface area contributed by atoms with E-state index in [1.165, 1.54) is 4.90 Å². The molecule has 4 nitrogen and oxygen atoms in total. The number of rotatable bonds is 5. The summed E-state index contributed by atoms with van der Waals surface area (Å²) in [6.07, 6.45) is 0.952. The summed E-state index contributed by atoms with van der Waals surface area (Å²) in [5, 5.41) is 0.446. The highest BCUT2D eigenvalue weighted by Crippen LogP contribution is 2.22. The SMILES string of the molecule is CN(C)C(=O)CCCS(=O)c1cc(N)ccc1Cl. The van der Waals surface area contributed by atoms with Crippen LogP contribution in [-0.2, 0) is 15.6 Å². The average Bonchev–Trinajstić information content (AvgIpc) is 2.31. The first-order valence-corrected chi connectivity index (χ1v) is 7.25. The maximum atomic E-state index is 12.0. The van der Waals surface area contributed by atoms with Gasteiger partial charge in [-0.2, -0.15) is 0 Å². The fraction of sp³-hybridized carbons (Fsp3) is 0.417. The highest BCUT2D eigenvalue weighted by atomic mass is 35.5. The van der Waals surface area contributed by atoms with Gasteiger partial charge in [0.25, 0.3) is 0 Å². The topological polar surface area (TPSA) is 63.4 Å². The minimum absolute atomic E-state index is 0.0330. The molecule has 0 aromatic heterocycles. The molecule has 18 heavy (non-hydrogen) atoms. The number of carbonyl (C=O) groups excluding carboxylic acids is 1. The standard InChI is InChI=1S/C12H17ClN2O2S/c1-15(2)12(16)4-3-7-18(17)11-8-9(14)5-6-10(11)13/h5-6,8H,3-4,7,14H2,1-2H3. The summed E-state index contributed by atoms with van der Waals surface area (Å²) < 4.78 is 12.0. The molecule has 1 aromatic carbocycles. The van der Waals surface area contributed by atoms with E-state index in [1.54, 1.807) is 32.3 Å². The van der Waals surface area contributed by atoms with Crippen molar-refractivity contribution in [3.8, 4) is 0 Å². The Morgan fingerprint density at radius 2 is 2.11 bits per heavy atom. The molecule has 1 unspecified atom stereocenters. The molecule has 6 heteroatoms. The van der Waals surface area contributed by atoms with Gasteiger partial charge in [-0.25, -0.2) is 0 Å². The Kier molecular flexibility index (Phi) is 5.62. The van der Waals surface area contributed by atoms with E-state index in [2.05, 4.69) is 0 Å². The van der Waals surface area contributed by atoms with Gasteiger partial charge < -0.3 is 10.6 Å². The number of nitrogens with two attached hydrogens (primary N) is 1. The van der Waals surface area contributed by atoms with Gasteiger partial charge in [-0.1, -0.05) is 11.6 Å². The van der Waals surface area contributed by atoms with Gasteiger partial charge >= 0.3 is 0 Å². The molecule has 1 amide bonds. The summed E-state index contributed by atoms with van der Waals surface area (Å²) in [6.45, 7) is 0. The van der Waals surface area contributed by atoms with Crippen molar-refractivity contribution in [3.05, 3.63) is 23.2 Å². The number of nitrogen functional groups attached to an aromatic ring is 1. The van der Waals surface area contributed by atoms with Crippen LogP contribution in [0.4, 0.5) is 5.69 Å². The third-order valence-corrected chi connectivity index (χ3v) is 4.35. The molecule has 0 heterocycles. The Morgan fingerprint density at radius 1 is 1.44 bits per heavy atom. The Labute approximate surface area is 115 Å². The second-order valence-electron chi connectivity index (χ2n) is 4.13. The highest BCUT2D eigenvalue weighted by molar-refractivity contribution is 7.85. The van der Waals surface area contributed by atoms with E-state index in [9.17, 15) is 9.00 Å². The number of benzene rings is 1. The van der Waals surface area contributed by atoms with Gasteiger partial charge in [0.2, 0.25) is 5.91 Å². The average molecular weight is 289 g/mol. The summed E-state index contributed by atoms with van der Waals surface area (Å²) >= 11 is 5.96. The van der Waals surface area contributed by atoms with Crippen molar-refractivity contribution in [1.82, 2.24) is 4.90 Å². The Morgan fingerprint density at radius 3 is 2.72 bits per heavy atom. The molecular formula is C12H17ClN2O2S. The number of nitrogens with zero attached hydrogens (tertiary/aromatic N) is 1. The number of anilines is 1. The van der Waals surface area contributed by atoms with E-state index in [0.717, 1.165) is 0 Å². The van der Waals surface area contributed by atoms with Crippen LogP contribution in [0.1, 0.15) is 12.8 Å². The van der Waals surface area contributed by atoms with E-state index in [1.807, 2.05) is 0 Å². The van der Waals surface area contributed by atoms with Crippen LogP contribution in [0.5, 0.6) is 0 Å². The number of amides is 1. The summed E-state index contributed by atoms with van der Waals surface area (Å²) in [5.74, 6) is 0.439. The molecule has 0 aliphatic rings. The lowest BCUT2D eigenvalue weighted by Gasteiger charge is -2.10. The molecule has 1 aromatic rings. The van der Waals surface area contributed by atoms with Gasteiger partial charge in [0.1, 0.15) is 0 Å². The first-order chi connectivity index (χ1) is 8.41. The predicted molar refractivity (Wildman–Crippen MR) is 75.1 cm³/mol. The van der Waals surface area contributed by atoms with Crippen molar-refractivity contribution in [3.63, 3.8) is 0 Å². The van der Waals surface area contributed by atoms with Crippen molar-refractivity contribution < 1.29 is 9.00 Å². The second-order valence-corrected chi connectivity index (χ2v) is 6.08. The Balaban J connectivity index is 2.56. The monoisotopic (exact) mass is 288 g/mol. The van der Waals surface area contributed by atoms with Crippen LogP contribution in [-0.4, -0.2) is 34.9 Å². The summed E-state index contributed by atoms with van der Waals surface area (Å²) in [4.78, 5) is 13.4. The molecule has 0 radical (unpaired) electrons. The van der Waals surface area contributed by atoms with E-state index >= 15 is 0 Å². The lowest BCUT2D eigenvalue weighted by Crippen LogP contribution is -2.21. The van der Waals surface area contributed by atoms with E-state index < -0.39 is 10.8 Å². The zero-order valence-electron chi connectivity index (χ0n) is 10.5. The van der Waals surface area contributed by atoms with Crippen LogP contribution >= 0.6 is 11.6 Å². The quantitative estimate of drug-likeness (QED) is 0.842. The predicted octanol–water partition coefficient (Wildman–Crippen LogP) is 1.90. The number of hydrogen-bond donors (Lipinski definition) is 1.